The molecule has 10 heavy (non-hydrogen) atoms. The van der Waals surface area contributed by atoms with Gasteiger partial charge in [-0.3, -0.25) is 0 Å². The van der Waals surface area contributed by atoms with E-state index in [1.165, 1.54) is 32.5 Å². The summed E-state index contributed by atoms with van der Waals surface area (Å²) in [5, 5.41) is 0. The number of fused-ring (bicyclic) bond motifs is 2. The number of hydrogen-bond donors (Lipinski definition) is 0. The lowest BCUT2D eigenvalue weighted by atomic mass is 9.74. The second kappa shape index (κ2) is 1.97. The van der Waals surface area contributed by atoms with Crippen LogP contribution in [0.4, 0.5) is 0 Å². The van der Waals surface area contributed by atoms with Gasteiger partial charge in [0.05, 0.1) is 0 Å². The molecule has 0 radical (unpaired) electrons. The fraction of sp³-hybridized carbons (Fsp3) is 1.00. The van der Waals surface area contributed by atoms with Crippen molar-refractivity contribution in [3.8, 4) is 0 Å². The first-order valence-electron chi connectivity index (χ1n) is 4.41. The van der Waals surface area contributed by atoms with Crippen molar-refractivity contribution in [1.82, 2.24) is 4.90 Å². The number of hydrogen-bond acceptors (Lipinski definition) is 1. The molecule has 0 amide bonds. The molecule has 2 aliphatic rings. The van der Waals surface area contributed by atoms with Crippen molar-refractivity contribution in [1.29, 1.82) is 0 Å². The van der Waals surface area contributed by atoms with Gasteiger partial charge in [-0.2, -0.15) is 0 Å². The van der Waals surface area contributed by atoms with Crippen molar-refractivity contribution < 1.29 is 0 Å². The average molecular weight is 139 g/mol. The molecular formula is C9H17N. The van der Waals surface area contributed by atoms with Gasteiger partial charge >= 0.3 is 0 Å². The zero-order valence-corrected chi connectivity index (χ0v) is 7.06. The van der Waals surface area contributed by atoms with Crippen LogP contribution in [0.5, 0.6) is 0 Å². The summed E-state index contributed by atoms with van der Waals surface area (Å²) in [6.07, 6.45) is 2.87. The summed E-state index contributed by atoms with van der Waals surface area (Å²) < 4.78 is 0. The van der Waals surface area contributed by atoms with Crippen LogP contribution in [-0.4, -0.2) is 24.5 Å². The van der Waals surface area contributed by atoms with Crippen LogP contribution in [-0.2, 0) is 0 Å². The van der Waals surface area contributed by atoms with Crippen LogP contribution in [0, 0.1) is 11.3 Å². The Morgan fingerprint density at radius 3 is 2.80 bits per heavy atom. The normalized spacial score (nSPS) is 43.8. The fourth-order valence-electron chi connectivity index (χ4n) is 2.32. The van der Waals surface area contributed by atoms with E-state index in [9.17, 15) is 0 Å². The van der Waals surface area contributed by atoms with Gasteiger partial charge in [-0.05, 0) is 37.3 Å². The Morgan fingerprint density at radius 2 is 2.10 bits per heavy atom. The molecule has 0 aliphatic carbocycles. The molecule has 1 heteroatoms. The molecule has 0 aromatic rings. The van der Waals surface area contributed by atoms with E-state index in [2.05, 4.69) is 18.7 Å². The topological polar surface area (TPSA) is 3.24 Å². The molecule has 0 aromatic carbocycles. The van der Waals surface area contributed by atoms with Gasteiger partial charge in [-0.25, -0.2) is 0 Å². The average Bonchev–Trinajstić information content (AvgIpc) is 2.26. The third-order valence-corrected chi connectivity index (χ3v) is 3.45. The summed E-state index contributed by atoms with van der Waals surface area (Å²) in [4.78, 5) is 2.61. The summed E-state index contributed by atoms with van der Waals surface area (Å²) in [5.41, 5.74) is 0.646. The molecule has 2 unspecified atom stereocenters. The van der Waals surface area contributed by atoms with E-state index in [4.69, 9.17) is 0 Å². The molecule has 2 atom stereocenters. The third-order valence-electron chi connectivity index (χ3n) is 3.45. The quantitative estimate of drug-likeness (QED) is 0.494. The maximum atomic E-state index is 2.61. The van der Waals surface area contributed by atoms with E-state index in [0.717, 1.165) is 5.92 Å². The smallest absolute Gasteiger partial charge is 0.00153 e. The molecule has 2 rings (SSSR count). The fourth-order valence-corrected chi connectivity index (χ4v) is 2.32. The van der Waals surface area contributed by atoms with Gasteiger partial charge in [0.2, 0.25) is 0 Å². The highest BCUT2D eigenvalue weighted by Crippen LogP contribution is 2.41. The van der Waals surface area contributed by atoms with Crippen LogP contribution in [0.3, 0.4) is 0 Å². The molecule has 2 heterocycles. The molecule has 1 nitrogen and oxygen atoms in total. The van der Waals surface area contributed by atoms with E-state index < -0.39 is 0 Å². The van der Waals surface area contributed by atoms with Gasteiger partial charge in [0.15, 0.2) is 0 Å². The number of nitrogens with zero attached hydrogens (tertiary/aromatic N) is 1. The van der Waals surface area contributed by atoms with Gasteiger partial charge in [0, 0.05) is 6.54 Å². The number of piperidine rings is 1. The summed E-state index contributed by atoms with van der Waals surface area (Å²) in [6.45, 7) is 8.96. The second-order valence-electron chi connectivity index (χ2n) is 4.52. The van der Waals surface area contributed by atoms with Crippen molar-refractivity contribution in [2.45, 2.75) is 26.7 Å². The predicted molar refractivity (Wildman–Crippen MR) is 42.9 cm³/mol. The molecule has 0 saturated carbocycles. The van der Waals surface area contributed by atoms with Crippen LogP contribution in [0.1, 0.15) is 26.7 Å². The minimum atomic E-state index is 0.646. The highest BCUT2D eigenvalue weighted by molar-refractivity contribution is 4.91. The van der Waals surface area contributed by atoms with Gasteiger partial charge in [0.25, 0.3) is 0 Å². The highest BCUT2D eigenvalue weighted by Gasteiger charge is 2.39. The Hall–Kier alpha value is -0.0400. The summed E-state index contributed by atoms with van der Waals surface area (Å²) in [6, 6.07) is 0. The molecule has 0 spiro atoms. The first-order chi connectivity index (χ1) is 4.68. The minimum absolute atomic E-state index is 0.646. The third kappa shape index (κ3) is 0.878. The van der Waals surface area contributed by atoms with E-state index in [1.54, 1.807) is 0 Å². The van der Waals surface area contributed by atoms with Gasteiger partial charge in [0.1, 0.15) is 0 Å². The Bertz CT molecular complexity index is 140. The molecular weight excluding hydrogens is 122 g/mol. The van der Waals surface area contributed by atoms with Crippen LogP contribution < -0.4 is 0 Å². The van der Waals surface area contributed by atoms with Gasteiger partial charge in [-0.1, -0.05) is 13.8 Å². The van der Waals surface area contributed by atoms with Gasteiger partial charge < -0.3 is 4.90 Å². The molecule has 2 bridgehead atoms. The largest absolute Gasteiger partial charge is 0.303 e. The lowest BCUT2D eigenvalue weighted by Crippen LogP contribution is -2.36. The monoisotopic (exact) mass is 139 g/mol. The zero-order valence-electron chi connectivity index (χ0n) is 7.06. The predicted octanol–water partition coefficient (Wildman–Crippen LogP) is 1.74. The summed E-state index contributed by atoms with van der Waals surface area (Å²) in [5.74, 6) is 1.00. The summed E-state index contributed by atoms with van der Waals surface area (Å²) >= 11 is 0. The lowest BCUT2D eigenvalue weighted by molar-refractivity contribution is 0.128. The molecule has 58 valence electrons. The first kappa shape index (κ1) is 6.66. The zero-order chi connectivity index (χ0) is 7.19. The van der Waals surface area contributed by atoms with E-state index in [0.29, 0.717) is 5.41 Å². The van der Waals surface area contributed by atoms with E-state index in [-0.39, 0.29) is 0 Å². The number of rotatable bonds is 0. The van der Waals surface area contributed by atoms with Crippen molar-refractivity contribution in [3.63, 3.8) is 0 Å². The SMILES string of the molecule is CC1(C)CCN2CCC1C2. The first-order valence-corrected chi connectivity index (χ1v) is 4.41. The van der Waals surface area contributed by atoms with E-state index >= 15 is 0 Å². The summed E-state index contributed by atoms with van der Waals surface area (Å²) in [7, 11) is 0. The minimum Gasteiger partial charge on any atom is -0.303 e. The van der Waals surface area contributed by atoms with Crippen molar-refractivity contribution in [3.05, 3.63) is 0 Å². The van der Waals surface area contributed by atoms with E-state index in [1.807, 2.05) is 0 Å². The molecule has 2 saturated heterocycles. The lowest BCUT2D eigenvalue weighted by Gasteiger charge is -2.37. The van der Waals surface area contributed by atoms with Crippen molar-refractivity contribution in [2.75, 3.05) is 19.6 Å². The maximum Gasteiger partial charge on any atom is 0.00153 e. The van der Waals surface area contributed by atoms with Crippen LogP contribution in [0.25, 0.3) is 0 Å². The Kier molecular flexibility index (Phi) is 1.31. The van der Waals surface area contributed by atoms with Crippen molar-refractivity contribution in [2.24, 2.45) is 11.3 Å². The van der Waals surface area contributed by atoms with Gasteiger partial charge in [-0.15, -0.1) is 0 Å². The molecule has 0 aromatic heterocycles. The van der Waals surface area contributed by atoms with Crippen LogP contribution in [0.15, 0.2) is 0 Å². The Balaban J connectivity index is 2.14. The molecule has 2 fully saturated rings. The highest BCUT2D eigenvalue weighted by atomic mass is 15.2. The van der Waals surface area contributed by atoms with Crippen molar-refractivity contribution >= 4 is 0 Å². The maximum absolute atomic E-state index is 2.61. The Labute approximate surface area is 63.4 Å². The van der Waals surface area contributed by atoms with Crippen LogP contribution >= 0.6 is 0 Å². The molecule has 2 aliphatic heterocycles. The Morgan fingerprint density at radius 1 is 1.30 bits per heavy atom. The second-order valence-corrected chi connectivity index (χ2v) is 4.52. The molecule has 0 N–H and O–H groups in total. The van der Waals surface area contributed by atoms with Crippen LogP contribution in [0.2, 0.25) is 0 Å². The standard InChI is InChI=1S/C9H17N/c1-9(2)4-6-10-5-3-8(9)7-10/h8H,3-7H2,1-2H3.